The summed E-state index contributed by atoms with van der Waals surface area (Å²) in [5.74, 6) is 0.202. The molecule has 3 N–H and O–H groups in total. The molecule has 0 fully saturated rings. The molecule has 0 saturated heterocycles. The maximum absolute atomic E-state index is 11.7. The van der Waals surface area contributed by atoms with Crippen molar-refractivity contribution in [3.8, 4) is 0 Å². The monoisotopic (exact) mass is 304 g/mol. The summed E-state index contributed by atoms with van der Waals surface area (Å²) in [5.41, 5.74) is 0. The van der Waals surface area contributed by atoms with Gasteiger partial charge < -0.3 is 15.7 Å². The van der Waals surface area contributed by atoms with Crippen molar-refractivity contribution in [1.29, 1.82) is 0 Å². The first-order valence-corrected chi connectivity index (χ1v) is 8.70. The molecule has 0 aliphatic carbocycles. The van der Waals surface area contributed by atoms with E-state index in [1.807, 2.05) is 6.26 Å². The van der Waals surface area contributed by atoms with Gasteiger partial charge in [0.05, 0.1) is 0 Å². The molecule has 0 unspecified atom stereocenters. The molecule has 0 rings (SSSR count). The maximum atomic E-state index is 11.7. The number of carbonyl (C=O) groups excluding carboxylic acids is 1. The Morgan fingerprint density at radius 1 is 1.25 bits per heavy atom. The number of carboxylic acid groups (broad SMARTS) is 1. The number of unbranched alkanes of at least 4 members (excludes halogenated alkanes) is 1. The van der Waals surface area contributed by atoms with Gasteiger partial charge >= 0.3 is 12.0 Å². The van der Waals surface area contributed by atoms with Crippen LogP contribution in [0.25, 0.3) is 0 Å². The number of hydrogen-bond donors (Lipinski definition) is 3. The third-order valence-corrected chi connectivity index (χ3v) is 3.95. The zero-order valence-corrected chi connectivity index (χ0v) is 13.6. The second-order valence-electron chi connectivity index (χ2n) is 4.94. The summed E-state index contributed by atoms with van der Waals surface area (Å²) >= 11 is 1.57. The minimum Gasteiger partial charge on any atom is -0.480 e. The number of thioether (sulfide) groups is 1. The van der Waals surface area contributed by atoms with E-state index in [0.717, 1.165) is 25.7 Å². The van der Waals surface area contributed by atoms with Gasteiger partial charge in [-0.05, 0) is 30.8 Å². The number of aliphatic carboxylic acids is 1. The Kier molecular flexibility index (Phi) is 11.3. The van der Waals surface area contributed by atoms with Crippen molar-refractivity contribution in [2.24, 2.45) is 5.92 Å². The highest BCUT2D eigenvalue weighted by atomic mass is 32.2. The Labute approximate surface area is 126 Å². The molecular weight excluding hydrogens is 276 g/mol. The van der Waals surface area contributed by atoms with Crippen LogP contribution in [0.5, 0.6) is 0 Å². The SMILES string of the molecule is CCCC[C@@H](CC)CNC(=O)N[C@@H](CCSC)C(=O)O. The van der Waals surface area contributed by atoms with E-state index >= 15 is 0 Å². The van der Waals surface area contributed by atoms with E-state index in [1.165, 1.54) is 0 Å². The number of carboxylic acids is 1. The number of hydrogen-bond acceptors (Lipinski definition) is 3. The first kappa shape index (κ1) is 19.1. The van der Waals surface area contributed by atoms with E-state index in [9.17, 15) is 9.59 Å². The van der Waals surface area contributed by atoms with Gasteiger partial charge in [0.25, 0.3) is 0 Å². The van der Waals surface area contributed by atoms with E-state index in [2.05, 4.69) is 24.5 Å². The fraction of sp³-hybridized carbons (Fsp3) is 0.857. The molecule has 2 amide bonds. The number of carbonyl (C=O) groups is 2. The highest BCUT2D eigenvalue weighted by Crippen LogP contribution is 2.11. The fourth-order valence-corrected chi connectivity index (χ4v) is 2.35. The van der Waals surface area contributed by atoms with E-state index in [0.29, 0.717) is 24.6 Å². The number of urea groups is 1. The Morgan fingerprint density at radius 2 is 1.95 bits per heavy atom. The third kappa shape index (κ3) is 9.07. The summed E-state index contributed by atoms with van der Waals surface area (Å²) in [7, 11) is 0. The average Bonchev–Trinajstić information content (AvgIpc) is 2.43. The van der Waals surface area contributed by atoms with Gasteiger partial charge in [-0.2, -0.15) is 11.8 Å². The van der Waals surface area contributed by atoms with Crippen LogP contribution >= 0.6 is 11.8 Å². The van der Waals surface area contributed by atoms with Crippen molar-refractivity contribution in [1.82, 2.24) is 10.6 Å². The highest BCUT2D eigenvalue weighted by Gasteiger charge is 2.19. The molecule has 2 atom stereocenters. The van der Waals surface area contributed by atoms with Gasteiger partial charge in [-0.3, -0.25) is 0 Å². The molecule has 0 aromatic carbocycles. The van der Waals surface area contributed by atoms with Crippen LogP contribution in [0.2, 0.25) is 0 Å². The Hall–Kier alpha value is -0.910. The van der Waals surface area contributed by atoms with Gasteiger partial charge in [0, 0.05) is 6.54 Å². The predicted octanol–water partition coefficient (Wildman–Crippen LogP) is 2.71. The Balaban J connectivity index is 4.07. The smallest absolute Gasteiger partial charge is 0.326 e. The zero-order valence-electron chi connectivity index (χ0n) is 12.8. The molecule has 0 spiro atoms. The summed E-state index contributed by atoms with van der Waals surface area (Å²) in [6, 6.07) is -1.19. The van der Waals surface area contributed by atoms with Crippen LogP contribution in [0, 0.1) is 5.92 Å². The quantitative estimate of drug-likeness (QED) is 0.548. The van der Waals surface area contributed by atoms with Crippen molar-refractivity contribution < 1.29 is 14.7 Å². The van der Waals surface area contributed by atoms with Crippen LogP contribution in [0.3, 0.4) is 0 Å². The van der Waals surface area contributed by atoms with Crippen molar-refractivity contribution in [2.75, 3.05) is 18.6 Å². The maximum Gasteiger partial charge on any atom is 0.326 e. The lowest BCUT2D eigenvalue weighted by Gasteiger charge is -2.18. The van der Waals surface area contributed by atoms with Crippen molar-refractivity contribution >= 4 is 23.8 Å². The van der Waals surface area contributed by atoms with E-state index < -0.39 is 12.0 Å². The summed E-state index contributed by atoms with van der Waals surface area (Å²) < 4.78 is 0. The number of rotatable bonds is 11. The molecule has 0 aromatic rings. The van der Waals surface area contributed by atoms with Crippen molar-refractivity contribution in [2.45, 2.75) is 52.0 Å². The molecule has 0 radical (unpaired) electrons. The molecule has 0 aliphatic heterocycles. The van der Waals surface area contributed by atoms with Crippen LogP contribution in [0.1, 0.15) is 46.0 Å². The second kappa shape index (κ2) is 11.9. The van der Waals surface area contributed by atoms with Crippen LogP contribution in [0.15, 0.2) is 0 Å². The Morgan fingerprint density at radius 3 is 2.45 bits per heavy atom. The normalized spacial score (nSPS) is 13.6. The van der Waals surface area contributed by atoms with Gasteiger partial charge in [-0.1, -0.05) is 33.1 Å². The number of amides is 2. The molecule has 118 valence electrons. The molecule has 0 aliphatic rings. The average molecular weight is 304 g/mol. The van der Waals surface area contributed by atoms with Gasteiger partial charge in [0.1, 0.15) is 6.04 Å². The standard InChI is InChI=1S/C14H28N2O3S/c1-4-6-7-11(5-2)10-15-14(19)16-12(13(17)18)8-9-20-3/h11-12H,4-10H2,1-3H3,(H,17,18)(H2,15,16,19)/t11-,12+/m1/s1. The van der Waals surface area contributed by atoms with Crippen LogP contribution in [-0.2, 0) is 4.79 Å². The van der Waals surface area contributed by atoms with Gasteiger partial charge in [-0.15, -0.1) is 0 Å². The van der Waals surface area contributed by atoms with Crippen molar-refractivity contribution in [3.63, 3.8) is 0 Å². The minimum absolute atomic E-state index is 0.381. The molecule has 0 bridgehead atoms. The lowest BCUT2D eigenvalue weighted by atomic mass is 9.99. The predicted molar refractivity (Wildman–Crippen MR) is 84.3 cm³/mol. The van der Waals surface area contributed by atoms with Crippen molar-refractivity contribution in [3.05, 3.63) is 0 Å². The van der Waals surface area contributed by atoms with E-state index in [4.69, 9.17) is 5.11 Å². The lowest BCUT2D eigenvalue weighted by molar-refractivity contribution is -0.139. The second-order valence-corrected chi connectivity index (χ2v) is 5.93. The molecule has 5 nitrogen and oxygen atoms in total. The number of nitrogens with one attached hydrogen (secondary N) is 2. The van der Waals surface area contributed by atoms with Crippen LogP contribution in [-0.4, -0.2) is 41.7 Å². The topological polar surface area (TPSA) is 78.4 Å². The van der Waals surface area contributed by atoms with Crippen LogP contribution in [0.4, 0.5) is 4.79 Å². The molecule has 20 heavy (non-hydrogen) atoms. The first-order valence-electron chi connectivity index (χ1n) is 7.31. The van der Waals surface area contributed by atoms with Gasteiger partial charge in [0.2, 0.25) is 0 Å². The van der Waals surface area contributed by atoms with Gasteiger partial charge in [0.15, 0.2) is 0 Å². The molecular formula is C14H28N2O3S. The third-order valence-electron chi connectivity index (χ3n) is 3.31. The zero-order chi connectivity index (χ0) is 15.4. The van der Waals surface area contributed by atoms with Crippen LogP contribution < -0.4 is 10.6 Å². The van der Waals surface area contributed by atoms with E-state index in [1.54, 1.807) is 11.8 Å². The Bertz CT molecular complexity index is 288. The summed E-state index contributed by atoms with van der Waals surface area (Å²) in [6.45, 7) is 4.87. The first-order chi connectivity index (χ1) is 9.54. The summed E-state index contributed by atoms with van der Waals surface area (Å²) in [6.07, 6.45) is 6.79. The van der Waals surface area contributed by atoms with E-state index in [-0.39, 0.29) is 6.03 Å². The molecule has 0 heterocycles. The van der Waals surface area contributed by atoms with Gasteiger partial charge in [-0.25, -0.2) is 9.59 Å². The lowest BCUT2D eigenvalue weighted by Crippen LogP contribution is -2.47. The minimum atomic E-state index is -0.979. The molecule has 0 saturated carbocycles. The summed E-state index contributed by atoms with van der Waals surface area (Å²) in [5, 5.41) is 14.3. The highest BCUT2D eigenvalue weighted by molar-refractivity contribution is 7.98. The molecule has 0 aromatic heterocycles. The fourth-order valence-electron chi connectivity index (χ4n) is 1.88. The summed E-state index contributed by atoms with van der Waals surface area (Å²) in [4.78, 5) is 22.7. The largest absolute Gasteiger partial charge is 0.480 e. The molecule has 6 heteroatoms.